The van der Waals surface area contributed by atoms with Gasteiger partial charge in [-0.3, -0.25) is 4.79 Å². The SMILES string of the molecule is CCOC(=O)CC#Cc1ccc(Cl)nc1Cl. The fraction of sp³-hybridized carbons (Fsp3) is 0.273. The molecule has 84 valence electrons. The fourth-order valence-electron chi connectivity index (χ4n) is 0.929. The van der Waals surface area contributed by atoms with E-state index in [1.807, 2.05) is 0 Å². The van der Waals surface area contributed by atoms with Crippen molar-refractivity contribution in [3.63, 3.8) is 0 Å². The van der Waals surface area contributed by atoms with Gasteiger partial charge in [-0.05, 0) is 19.1 Å². The van der Waals surface area contributed by atoms with E-state index in [1.54, 1.807) is 19.1 Å². The van der Waals surface area contributed by atoms with Crippen molar-refractivity contribution >= 4 is 29.2 Å². The molecular formula is C11H9Cl2NO2. The first-order valence-electron chi connectivity index (χ1n) is 4.60. The van der Waals surface area contributed by atoms with Crippen LogP contribution in [-0.4, -0.2) is 17.6 Å². The van der Waals surface area contributed by atoms with Crippen molar-refractivity contribution < 1.29 is 9.53 Å². The van der Waals surface area contributed by atoms with E-state index in [2.05, 4.69) is 16.8 Å². The second-order valence-electron chi connectivity index (χ2n) is 2.76. The molecule has 0 saturated heterocycles. The highest BCUT2D eigenvalue weighted by Gasteiger charge is 2.00. The molecule has 1 aromatic heterocycles. The minimum Gasteiger partial charge on any atom is -0.465 e. The van der Waals surface area contributed by atoms with E-state index >= 15 is 0 Å². The minimum absolute atomic E-state index is 0.0345. The normalized spacial score (nSPS) is 9.19. The Bertz CT molecular complexity index is 449. The van der Waals surface area contributed by atoms with Crippen LogP contribution in [0.2, 0.25) is 10.3 Å². The smallest absolute Gasteiger partial charge is 0.317 e. The summed E-state index contributed by atoms with van der Waals surface area (Å²) in [6.07, 6.45) is 0.0345. The number of ether oxygens (including phenoxy) is 1. The van der Waals surface area contributed by atoms with E-state index in [4.69, 9.17) is 27.9 Å². The zero-order chi connectivity index (χ0) is 12.0. The maximum Gasteiger partial charge on any atom is 0.317 e. The van der Waals surface area contributed by atoms with Crippen LogP contribution in [0.15, 0.2) is 12.1 Å². The van der Waals surface area contributed by atoms with E-state index in [0.717, 1.165) is 0 Å². The molecule has 1 rings (SSSR count). The predicted octanol–water partition coefficient (Wildman–Crippen LogP) is 2.69. The van der Waals surface area contributed by atoms with Crippen LogP contribution in [0.1, 0.15) is 18.9 Å². The van der Waals surface area contributed by atoms with Crippen LogP contribution in [0.5, 0.6) is 0 Å². The summed E-state index contributed by atoms with van der Waals surface area (Å²) in [5.74, 6) is 5.03. The van der Waals surface area contributed by atoms with Crippen molar-refractivity contribution in [2.45, 2.75) is 13.3 Å². The zero-order valence-electron chi connectivity index (χ0n) is 8.59. The van der Waals surface area contributed by atoms with Gasteiger partial charge < -0.3 is 4.74 Å². The molecule has 0 saturated carbocycles. The molecule has 0 atom stereocenters. The molecule has 0 radical (unpaired) electrons. The number of hydrogen-bond acceptors (Lipinski definition) is 3. The van der Waals surface area contributed by atoms with Gasteiger partial charge in [0.15, 0.2) is 0 Å². The third kappa shape index (κ3) is 4.09. The third-order valence-electron chi connectivity index (χ3n) is 1.58. The lowest BCUT2D eigenvalue weighted by Gasteiger charge is -1.96. The number of pyridine rings is 1. The number of aromatic nitrogens is 1. The maximum absolute atomic E-state index is 11.0. The molecule has 5 heteroatoms. The van der Waals surface area contributed by atoms with Crippen LogP contribution in [0, 0.1) is 11.8 Å². The molecule has 0 unspecified atom stereocenters. The largest absolute Gasteiger partial charge is 0.465 e. The van der Waals surface area contributed by atoms with Gasteiger partial charge in [0.2, 0.25) is 0 Å². The van der Waals surface area contributed by atoms with Crippen LogP contribution in [0.25, 0.3) is 0 Å². The average Bonchev–Trinajstić information content (AvgIpc) is 2.22. The molecule has 0 aliphatic heterocycles. The van der Waals surface area contributed by atoms with E-state index < -0.39 is 0 Å². The summed E-state index contributed by atoms with van der Waals surface area (Å²) in [5.41, 5.74) is 0.537. The molecule has 16 heavy (non-hydrogen) atoms. The van der Waals surface area contributed by atoms with Crippen LogP contribution in [0.4, 0.5) is 0 Å². The van der Waals surface area contributed by atoms with Crippen molar-refractivity contribution in [3.05, 3.63) is 28.0 Å². The number of carbonyl (C=O) groups excluding carboxylic acids is 1. The lowest BCUT2D eigenvalue weighted by Crippen LogP contribution is -2.01. The molecule has 0 bridgehead atoms. The number of carbonyl (C=O) groups is 1. The zero-order valence-corrected chi connectivity index (χ0v) is 10.1. The molecule has 0 aromatic carbocycles. The second kappa shape index (κ2) is 6.37. The summed E-state index contributed by atoms with van der Waals surface area (Å²) in [5, 5.41) is 0.532. The lowest BCUT2D eigenvalue weighted by molar-refractivity contribution is -0.141. The first-order chi connectivity index (χ1) is 7.63. The Kier molecular flexibility index (Phi) is 5.10. The summed E-state index contributed by atoms with van der Waals surface area (Å²) in [6.45, 7) is 2.09. The minimum atomic E-state index is -0.354. The molecule has 0 aliphatic rings. The highest BCUT2D eigenvalue weighted by Crippen LogP contribution is 2.15. The van der Waals surface area contributed by atoms with E-state index in [9.17, 15) is 4.79 Å². The van der Waals surface area contributed by atoms with Crippen molar-refractivity contribution in [2.24, 2.45) is 0 Å². The van der Waals surface area contributed by atoms with Crippen molar-refractivity contribution in [3.8, 4) is 11.8 Å². The molecule has 0 spiro atoms. The second-order valence-corrected chi connectivity index (χ2v) is 3.50. The molecule has 0 N–H and O–H groups in total. The molecule has 1 aromatic rings. The van der Waals surface area contributed by atoms with Crippen molar-refractivity contribution in [1.82, 2.24) is 4.98 Å². The molecular weight excluding hydrogens is 249 g/mol. The Morgan fingerprint density at radius 2 is 2.25 bits per heavy atom. The first kappa shape index (κ1) is 12.8. The van der Waals surface area contributed by atoms with E-state index in [0.29, 0.717) is 17.3 Å². The highest BCUT2D eigenvalue weighted by molar-refractivity contribution is 6.33. The van der Waals surface area contributed by atoms with Crippen molar-refractivity contribution in [2.75, 3.05) is 6.61 Å². The number of rotatable bonds is 2. The molecule has 0 aliphatic carbocycles. The molecule has 3 nitrogen and oxygen atoms in total. The lowest BCUT2D eigenvalue weighted by atomic mass is 10.3. The van der Waals surface area contributed by atoms with E-state index in [-0.39, 0.29) is 17.5 Å². The van der Waals surface area contributed by atoms with Gasteiger partial charge in [-0.1, -0.05) is 35.0 Å². The predicted molar refractivity (Wildman–Crippen MR) is 62.4 cm³/mol. The van der Waals surface area contributed by atoms with Gasteiger partial charge in [0.25, 0.3) is 0 Å². The summed E-state index contributed by atoms with van der Waals surface area (Å²) in [4.78, 5) is 14.8. The Balaban J connectivity index is 2.66. The number of halogens is 2. The van der Waals surface area contributed by atoms with Gasteiger partial charge in [0.1, 0.15) is 16.7 Å². The number of hydrogen-bond donors (Lipinski definition) is 0. The van der Waals surface area contributed by atoms with Crippen LogP contribution in [-0.2, 0) is 9.53 Å². The van der Waals surface area contributed by atoms with Gasteiger partial charge in [-0.25, -0.2) is 4.98 Å². The first-order valence-corrected chi connectivity index (χ1v) is 5.35. The van der Waals surface area contributed by atoms with Crippen LogP contribution < -0.4 is 0 Å². The summed E-state index contributed by atoms with van der Waals surface area (Å²) in [7, 11) is 0. The average molecular weight is 258 g/mol. The Labute approximate surface area is 104 Å². The monoisotopic (exact) mass is 257 g/mol. The van der Waals surface area contributed by atoms with Gasteiger partial charge in [0.05, 0.1) is 12.2 Å². The maximum atomic E-state index is 11.0. The van der Waals surface area contributed by atoms with Gasteiger partial charge in [-0.2, -0.15) is 0 Å². The molecule has 1 heterocycles. The van der Waals surface area contributed by atoms with Gasteiger partial charge >= 0.3 is 5.97 Å². The Morgan fingerprint density at radius 3 is 2.88 bits per heavy atom. The topological polar surface area (TPSA) is 39.2 Å². The molecule has 0 amide bonds. The van der Waals surface area contributed by atoms with Gasteiger partial charge in [0, 0.05) is 0 Å². The standard InChI is InChI=1S/C11H9Cl2NO2/c1-2-16-10(15)5-3-4-8-6-7-9(12)14-11(8)13/h6-7H,2,5H2,1H3. The van der Waals surface area contributed by atoms with Crippen LogP contribution >= 0.6 is 23.2 Å². The van der Waals surface area contributed by atoms with E-state index in [1.165, 1.54) is 0 Å². The Morgan fingerprint density at radius 1 is 1.50 bits per heavy atom. The Hall–Kier alpha value is -1.24. The van der Waals surface area contributed by atoms with Crippen molar-refractivity contribution in [1.29, 1.82) is 0 Å². The number of nitrogens with zero attached hydrogens (tertiary/aromatic N) is 1. The summed E-state index contributed by atoms with van der Waals surface area (Å²) < 4.78 is 4.72. The quantitative estimate of drug-likeness (QED) is 0.465. The summed E-state index contributed by atoms with van der Waals surface area (Å²) in [6, 6.07) is 3.23. The third-order valence-corrected chi connectivity index (χ3v) is 2.07. The molecule has 0 fully saturated rings. The number of esters is 1. The van der Waals surface area contributed by atoms with Crippen LogP contribution in [0.3, 0.4) is 0 Å². The highest BCUT2D eigenvalue weighted by atomic mass is 35.5. The summed E-state index contributed by atoms with van der Waals surface area (Å²) >= 11 is 11.4. The fourth-order valence-corrected chi connectivity index (χ4v) is 1.32. The van der Waals surface area contributed by atoms with Gasteiger partial charge in [-0.15, -0.1) is 0 Å².